The average molecular weight is 294 g/mol. The van der Waals surface area contributed by atoms with Gasteiger partial charge in [0, 0.05) is 18.1 Å². The number of rotatable bonds is 3. The lowest BCUT2D eigenvalue weighted by atomic mass is 10.2. The fraction of sp³-hybridized carbons (Fsp3) is 0.167. The standard InChI is InChI=1S/C12H14N4O3S/c1-9-3-4-10(20(18,19)13-2)7-11(9)15-12(17)16-6-5-14-8-16/h3-8,13H,1-2H3,(H,15,17). The number of aromatic nitrogens is 2. The topological polar surface area (TPSA) is 93.1 Å². The number of hydrogen-bond acceptors (Lipinski definition) is 4. The predicted molar refractivity (Wildman–Crippen MR) is 74.1 cm³/mol. The third-order valence-electron chi connectivity index (χ3n) is 2.77. The van der Waals surface area contributed by atoms with E-state index in [1.54, 1.807) is 13.0 Å². The molecule has 1 amide bonds. The van der Waals surface area contributed by atoms with Crippen molar-refractivity contribution in [2.24, 2.45) is 0 Å². The van der Waals surface area contributed by atoms with Crippen LogP contribution < -0.4 is 10.0 Å². The van der Waals surface area contributed by atoms with E-state index in [-0.39, 0.29) is 4.90 Å². The summed E-state index contributed by atoms with van der Waals surface area (Å²) in [5, 5.41) is 2.64. The molecule has 0 fully saturated rings. The summed E-state index contributed by atoms with van der Waals surface area (Å²) >= 11 is 0. The van der Waals surface area contributed by atoms with Gasteiger partial charge in [0.25, 0.3) is 0 Å². The first kappa shape index (κ1) is 14.2. The van der Waals surface area contributed by atoms with Gasteiger partial charge in [0.1, 0.15) is 6.33 Å². The molecular formula is C12H14N4O3S. The Morgan fingerprint density at radius 1 is 1.35 bits per heavy atom. The lowest BCUT2D eigenvalue weighted by molar-refractivity contribution is 0.253. The Morgan fingerprint density at radius 3 is 2.70 bits per heavy atom. The summed E-state index contributed by atoms with van der Waals surface area (Å²) in [5.41, 5.74) is 1.19. The minimum absolute atomic E-state index is 0.0894. The maximum absolute atomic E-state index is 11.9. The Hall–Kier alpha value is -2.19. The van der Waals surface area contributed by atoms with Crippen LogP contribution in [0, 0.1) is 6.92 Å². The van der Waals surface area contributed by atoms with Crippen molar-refractivity contribution in [2.45, 2.75) is 11.8 Å². The van der Waals surface area contributed by atoms with E-state index < -0.39 is 16.1 Å². The zero-order valence-corrected chi connectivity index (χ0v) is 11.8. The number of sulfonamides is 1. The SMILES string of the molecule is CNS(=O)(=O)c1ccc(C)c(NC(=O)n2ccnc2)c1. The molecule has 0 bridgehead atoms. The number of amides is 1. The number of imidazole rings is 1. The molecule has 2 N–H and O–H groups in total. The maximum Gasteiger partial charge on any atom is 0.331 e. The molecule has 2 aromatic rings. The summed E-state index contributed by atoms with van der Waals surface area (Å²) in [4.78, 5) is 15.8. The lowest BCUT2D eigenvalue weighted by Crippen LogP contribution is -2.21. The van der Waals surface area contributed by atoms with Crippen LogP contribution in [0.2, 0.25) is 0 Å². The number of carbonyl (C=O) groups is 1. The smallest absolute Gasteiger partial charge is 0.307 e. The van der Waals surface area contributed by atoms with Gasteiger partial charge in [-0.3, -0.25) is 4.57 Å². The van der Waals surface area contributed by atoms with Crippen molar-refractivity contribution in [1.29, 1.82) is 0 Å². The summed E-state index contributed by atoms with van der Waals surface area (Å²) in [6, 6.07) is 4.11. The van der Waals surface area contributed by atoms with E-state index in [1.165, 1.54) is 42.5 Å². The van der Waals surface area contributed by atoms with Crippen LogP contribution in [0.4, 0.5) is 10.5 Å². The van der Waals surface area contributed by atoms with Gasteiger partial charge in [-0.1, -0.05) is 6.07 Å². The third-order valence-corrected chi connectivity index (χ3v) is 4.18. The van der Waals surface area contributed by atoms with Gasteiger partial charge < -0.3 is 5.32 Å². The first-order chi connectivity index (χ1) is 9.44. The molecule has 1 aromatic carbocycles. The van der Waals surface area contributed by atoms with Crippen molar-refractivity contribution in [3.63, 3.8) is 0 Å². The number of hydrogen-bond donors (Lipinski definition) is 2. The van der Waals surface area contributed by atoms with Crippen LogP contribution in [0.5, 0.6) is 0 Å². The van der Waals surface area contributed by atoms with Gasteiger partial charge in [0.05, 0.1) is 4.90 Å². The van der Waals surface area contributed by atoms with E-state index in [9.17, 15) is 13.2 Å². The Kier molecular flexibility index (Phi) is 3.86. The van der Waals surface area contributed by atoms with Gasteiger partial charge in [-0.05, 0) is 31.7 Å². The van der Waals surface area contributed by atoms with Crippen molar-refractivity contribution >= 4 is 21.7 Å². The van der Waals surface area contributed by atoms with E-state index in [2.05, 4.69) is 15.0 Å². The van der Waals surface area contributed by atoms with E-state index in [4.69, 9.17) is 0 Å². The first-order valence-electron chi connectivity index (χ1n) is 5.77. The largest absolute Gasteiger partial charge is 0.331 e. The molecule has 0 spiro atoms. The van der Waals surface area contributed by atoms with E-state index in [0.717, 1.165) is 5.56 Å². The second kappa shape index (κ2) is 5.43. The van der Waals surface area contributed by atoms with Crippen LogP contribution in [-0.4, -0.2) is 31.0 Å². The number of benzene rings is 1. The minimum Gasteiger partial charge on any atom is -0.307 e. The predicted octanol–water partition coefficient (Wildman–Crippen LogP) is 1.18. The molecule has 106 valence electrons. The summed E-state index contributed by atoms with van der Waals surface area (Å²) < 4.78 is 27.0. The fourth-order valence-corrected chi connectivity index (χ4v) is 2.34. The van der Waals surface area contributed by atoms with Crippen LogP contribution in [0.1, 0.15) is 5.56 Å². The normalized spacial score (nSPS) is 11.3. The van der Waals surface area contributed by atoms with Gasteiger partial charge in [-0.15, -0.1) is 0 Å². The molecule has 0 atom stereocenters. The average Bonchev–Trinajstić information content (AvgIpc) is 2.95. The summed E-state index contributed by atoms with van der Waals surface area (Å²) in [6.45, 7) is 1.78. The first-order valence-corrected chi connectivity index (χ1v) is 7.26. The maximum atomic E-state index is 11.9. The summed E-state index contributed by atoms with van der Waals surface area (Å²) in [7, 11) is -2.22. The highest BCUT2D eigenvalue weighted by Crippen LogP contribution is 2.20. The number of carbonyl (C=O) groups excluding carboxylic acids is 1. The third kappa shape index (κ3) is 2.86. The molecule has 0 aliphatic heterocycles. The Balaban J connectivity index is 2.33. The van der Waals surface area contributed by atoms with Crippen LogP contribution in [0.3, 0.4) is 0 Å². The molecule has 0 saturated heterocycles. The van der Waals surface area contributed by atoms with Crippen molar-refractivity contribution in [2.75, 3.05) is 12.4 Å². The molecule has 1 aromatic heterocycles. The van der Waals surface area contributed by atoms with Crippen LogP contribution in [-0.2, 0) is 10.0 Å². The van der Waals surface area contributed by atoms with Crippen LogP contribution in [0.25, 0.3) is 0 Å². The van der Waals surface area contributed by atoms with Crippen molar-refractivity contribution < 1.29 is 13.2 Å². The Bertz CT molecular complexity index is 723. The molecule has 7 nitrogen and oxygen atoms in total. The molecule has 0 unspecified atom stereocenters. The molecule has 1 heterocycles. The Labute approximate surface area is 116 Å². The highest BCUT2D eigenvalue weighted by Gasteiger charge is 2.14. The van der Waals surface area contributed by atoms with E-state index >= 15 is 0 Å². The van der Waals surface area contributed by atoms with Gasteiger partial charge in [-0.25, -0.2) is 22.9 Å². The van der Waals surface area contributed by atoms with Crippen molar-refractivity contribution in [3.8, 4) is 0 Å². The molecule has 0 saturated carbocycles. The van der Waals surface area contributed by atoms with E-state index in [0.29, 0.717) is 5.69 Å². The number of anilines is 1. The zero-order chi connectivity index (χ0) is 14.8. The number of nitrogens with zero attached hydrogens (tertiary/aromatic N) is 2. The monoisotopic (exact) mass is 294 g/mol. The highest BCUT2D eigenvalue weighted by molar-refractivity contribution is 7.89. The molecule has 20 heavy (non-hydrogen) atoms. The van der Waals surface area contributed by atoms with Crippen molar-refractivity contribution in [1.82, 2.24) is 14.3 Å². The lowest BCUT2D eigenvalue weighted by Gasteiger charge is -2.10. The van der Waals surface area contributed by atoms with Gasteiger partial charge >= 0.3 is 6.03 Å². The molecule has 0 aliphatic carbocycles. The van der Waals surface area contributed by atoms with Crippen LogP contribution >= 0.6 is 0 Å². The second-order valence-corrected chi connectivity index (χ2v) is 5.97. The summed E-state index contributed by atoms with van der Waals surface area (Å²) in [6.07, 6.45) is 4.34. The number of nitrogens with one attached hydrogen (secondary N) is 2. The summed E-state index contributed by atoms with van der Waals surface area (Å²) in [5.74, 6) is 0. The molecule has 2 rings (SSSR count). The highest BCUT2D eigenvalue weighted by atomic mass is 32.2. The molecule has 8 heteroatoms. The van der Waals surface area contributed by atoms with Gasteiger partial charge in [-0.2, -0.15) is 0 Å². The fourth-order valence-electron chi connectivity index (χ4n) is 1.58. The molecular weight excluding hydrogens is 280 g/mol. The van der Waals surface area contributed by atoms with Crippen LogP contribution in [0.15, 0.2) is 41.8 Å². The molecule has 0 aliphatic rings. The minimum atomic E-state index is -3.55. The van der Waals surface area contributed by atoms with E-state index in [1.807, 2.05) is 0 Å². The Morgan fingerprint density at radius 2 is 2.10 bits per heavy atom. The van der Waals surface area contributed by atoms with Crippen molar-refractivity contribution in [3.05, 3.63) is 42.5 Å². The quantitative estimate of drug-likeness (QED) is 0.889. The van der Waals surface area contributed by atoms with Gasteiger partial charge in [0.15, 0.2) is 0 Å². The molecule has 0 radical (unpaired) electrons. The second-order valence-electron chi connectivity index (χ2n) is 4.08. The number of aryl methyl sites for hydroxylation is 1. The zero-order valence-electron chi connectivity index (χ0n) is 11.0. The van der Waals surface area contributed by atoms with Gasteiger partial charge in [0.2, 0.25) is 10.0 Å².